The number of fused-ring (bicyclic) bond motifs is 5. The standard InChI is InChI=1S/C19H30O2/c1-18-9-4-3-5-12(18)11-15(20)17-13-6-7-16(21)19(13,2)10-8-14(17)18/h11,13-17,20-21H,3-10H2,1-2H3. The van der Waals surface area contributed by atoms with Crippen molar-refractivity contribution in [2.75, 3.05) is 0 Å². The van der Waals surface area contributed by atoms with E-state index in [1.54, 1.807) is 5.57 Å². The predicted molar refractivity (Wildman–Crippen MR) is 83.7 cm³/mol. The molecule has 0 aromatic heterocycles. The predicted octanol–water partition coefficient (Wildman–Crippen LogP) is 3.67. The molecule has 4 rings (SSSR count). The van der Waals surface area contributed by atoms with Gasteiger partial charge in [-0.1, -0.05) is 31.9 Å². The largest absolute Gasteiger partial charge is 0.393 e. The second-order valence-electron chi connectivity index (χ2n) is 8.74. The van der Waals surface area contributed by atoms with Gasteiger partial charge in [-0.3, -0.25) is 0 Å². The third-order valence-corrected chi connectivity index (χ3v) is 7.99. The van der Waals surface area contributed by atoms with Crippen LogP contribution in [0.3, 0.4) is 0 Å². The third-order valence-electron chi connectivity index (χ3n) is 7.99. The second-order valence-corrected chi connectivity index (χ2v) is 8.74. The summed E-state index contributed by atoms with van der Waals surface area (Å²) in [5.41, 5.74) is 1.93. The molecule has 0 bridgehead atoms. The first-order valence-electron chi connectivity index (χ1n) is 9.04. The first-order valence-corrected chi connectivity index (χ1v) is 9.04. The van der Waals surface area contributed by atoms with Crippen LogP contribution in [0.4, 0.5) is 0 Å². The lowest BCUT2D eigenvalue weighted by Crippen LogP contribution is -2.54. The van der Waals surface area contributed by atoms with Crippen LogP contribution in [0.1, 0.15) is 65.2 Å². The van der Waals surface area contributed by atoms with Crippen LogP contribution < -0.4 is 0 Å². The van der Waals surface area contributed by atoms with Gasteiger partial charge < -0.3 is 10.2 Å². The quantitative estimate of drug-likeness (QED) is 0.668. The molecule has 7 unspecified atom stereocenters. The number of aliphatic hydroxyl groups is 2. The summed E-state index contributed by atoms with van der Waals surface area (Å²) in [6.45, 7) is 4.75. The Morgan fingerprint density at radius 1 is 1.00 bits per heavy atom. The molecule has 0 heterocycles. The van der Waals surface area contributed by atoms with Gasteiger partial charge in [0.1, 0.15) is 0 Å². The number of hydrogen-bond donors (Lipinski definition) is 2. The molecule has 2 N–H and O–H groups in total. The van der Waals surface area contributed by atoms with Crippen LogP contribution in [-0.4, -0.2) is 22.4 Å². The lowest BCUT2D eigenvalue weighted by atomic mass is 9.47. The van der Waals surface area contributed by atoms with Crippen molar-refractivity contribution in [3.8, 4) is 0 Å². The lowest BCUT2D eigenvalue weighted by Gasteiger charge is -2.58. The van der Waals surface area contributed by atoms with Crippen molar-refractivity contribution in [3.63, 3.8) is 0 Å². The lowest BCUT2D eigenvalue weighted by molar-refractivity contribution is -0.101. The minimum Gasteiger partial charge on any atom is -0.393 e. The smallest absolute Gasteiger partial charge is 0.0757 e. The summed E-state index contributed by atoms with van der Waals surface area (Å²) < 4.78 is 0. The number of aliphatic hydroxyl groups excluding tert-OH is 2. The highest BCUT2D eigenvalue weighted by Crippen LogP contribution is 2.64. The van der Waals surface area contributed by atoms with E-state index in [-0.39, 0.29) is 17.6 Å². The molecule has 118 valence electrons. The molecule has 4 aliphatic carbocycles. The SMILES string of the molecule is CC12CCCCC1=CC(O)C1C2CCC2(C)C(O)CCC12. The minimum absolute atomic E-state index is 0.0541. The van der Waals surface area contributed by atoms with E-state index in [4.69, 9.17) is 0 Å². The maximum atomic E-state index is 10.8. The van der Waals surface area contributed by atoms with E-state index in [9.17, 15) is 10.2 Å². The van der Waals surface area contributed by atoms with Crippen molar-refractivity contribution in [3.05, 3.63) is 11.6 Å². The number of rotatable bonds is 0. The molecule has 0 aliphatic heterocycles. The molecular weight excluding hydrogens is 260 g/mol. The van der Waals surface area contributed by atoms with Crippen molar-refractivity contribution in [1.29, 1.82) is 0 Å². The Kier molecular flexibility index (Phi) is 3.11. The van der Waals surface area contributed by atoms with Crippen molar-refractivity contribution in [2.45, 2.75) is 77.4 Å². The molecule has 0 aromatic carbocycles. The van der Waals surface area contributed by atoms with Crippen LogP contribution in [-0.2, 0) is 0 Å². The Labute approximate surface area is 128 Å². The first kappa shape index (κ1) is 14.3. The average Bonchev–Trinajstić information content (AvgIpc) is 2.76. The van der Waals surface area contributed by atoms with Crippen molar-refractivity contribution < 1.29 is 10.2 Å². The number of hydrogen-bond acceptors (Lipinski definition) is 2. The highest BCUT2D eigenvalue weighted by atomic mass is 16.3. The van der Waals surface area contributed by atoms with E-state index in [2.05, 4.69) is 19.9 Å². The Hall–Kier alpha value is -0.340. The van der Waals surface area contributed by atoms with Crippen LogP contribution in [0.2, 0.25) is 0 Å². The van der Waals surface area contributed by atoms with Crippen LogP contribution in [0.15, 0.2) is 11.6 Å². The molecule has 0 spiro atoms. The molecule has 0 saturated heterocycles. The fraction of sp³-hybridized carbons (Fsp3) is 0.895. The molecule has 3 saturated carbocycles. The molecule has 4 aliphatic rings. The van der Waals surface area contributed by atoms with Gasteiger partial charge in [-0.05, 0) is 73.5 Å². The van der Waals surface area contributed by atoms with Gasteiger partial charge >= 0.3 is 0 Å². The molecule has 0 amide bonds. The topological polar surface area (TPSA) is 40.5 Å². The summed E-state index contributed by atoms with van der Waals surface area (Å²) in [7, 11) is 0. The van der Waals surface area contributed by atoms with Gasteiger partial charge in [0.15, 0.2) is 0 Å². The van der Waals surface area contributed by atoms with E-state index >= 15 is 0 Å². The maximum absolute atomic E-state index is 10.8. The summed E-state index contributed by atoms with van der Waals surface area (Å²) in [5.74, 6) is 1.53. The van der Waals surface area contributed by atoms with Gasteiger partial charge in [0, 0.05) is 0 Å². The van der Waals surface area contributed by atoms with Gasteiger partial charge in [-0.15, -0.1) is 0 Å². The highest BCUT2D eigenvalue weighted by molar-refractivity contribution is 5.27. The summed E-state index contributed by atoms with van der Waals surface area (Å²) in [6, 6.07) is 0. The average molecular weight is 290 g/mol. The van der Waals surface area contributed by atoms with Gasteiger partial charge in [-0.2, -0.15) is 0 Å². The molecule has 3 fully saturated rings. The molecular formula is C19H30O2. The zero-order valence-corrected chi connectivity index (χ0v) is 13.5. The molecule has 2 nitrogen and oxygen atoms in total. The Balaban J connectivity index is 1.75. The molecule has 2 heteroatoms. The Morgan fingerprint density at radius 2 is 1.81 bits per heavy atom. The first-order chi connectivity index (χ1) is 9.97. The van der Waals surface area contributed by atoms with Crippen molar-refractivity contribution in [1.82, 2.24) is 0 Å². The summed E-state index contributed by atoms with van der Waals surface area (Å²) in [4.78, 5) is 0. The molecule has 0 radical (unpaired) electrons. The van der Waals surface area contributed by atoms with Crippen molar-refractivity contribution in [2.24, 2.45) is 28.6 Å². The van der Waals surface area contributed by atoms with Crippen LogP contribution in [0.5, 0.6) is 0 Å². The van der Waals surface area contributed by atoms with Crippen molar-refractivity contribution >= 4 is 0 Å². The zero-order chi connectivity index (χ0) is 14.8. The van der Waals surface area contributed by atoms with E-state index in [1.807, 2.05) is 0 Å². The summed E-state index contributed by atoms with van der Waals surface area (Å²) in [6.07, 6.45) is 11.3. The van der Waals surface area contributed by atoms with Gasteiger partial charge in [-0.25, -0.2) is 0 Å². The fourth-order valence-corrected chi connectivity index (χ4v) is 6.66. The molecule has 7 atom stereocenters. The second kappa shape index (κ2) is 4.58. The maximum Gasteiger partial charge on any atom is 0.0757 e. The van der Waals surface area contributed by atoms with Crippen LogP contribution in [0.25, 0.3) is 0 Å². The normalized spacial score (nSPS) is 56.2. The Morgan fingerprint density at radius 3 is 2.62 bits per heavy atom. The molecule has 21 heavy (non-hydrogen) atoms. The van der Waals surface area contributed by atoms with Crippen LogP contribution in [0, 0.1) is 28.6 Å². The fourth-order valence-electron chi connectivity index (χ4n) is 6.66. The third kappa shape index (κ3) is 1.78. The van der Waals surface area contributed by atoms with E-state index in [0.29, 0.717) is 23.2 Å². The highest BCUT2D eigenvalue weighted by Gasteiger charge is 2.60. The summed E-state index contributed by atoms with van der Waals surface area (Å²) in [5, 5.41) is 21.3. The summed E-state index contributed by atoms with van der Waals surface area (Å²) >= 11 is 0. The van der Waals surface area contributed by atoms with E-state index in [0.717, 1.165) is 19.3 Å². The van der Waals surface area contributed by atoms with Gasteiger partial charge in [0.2, 0.25) is 0 Å². The zero-order valence-electron chi connectivity index (χ0n) is 13.5. The van der Waals surface area contributed by atoms with Gasteiger partial charge in [0.05, 0.1) is 12.2 Å². The molecule has 0 aromatic rings. The minimum atomic E-state index is -0.272. The monoisotopic (exact) mass is 290 g/mol. The van der Waals surface area contributed by atoms with Gasteiger partial charge in [0.25, 0.3) is 0 Å². The number of allylic oxidation sites excluding steroid dienone is 1. The van der Waals surface area contributed by atoms with Crippen LogP contribution >= 0.6 is 0 Å². The van der Waals surface area contributed by atoms with E-state index < -0.39 is 0 Å². The Bertz CT molecular complexity index is 470. The van der Waals surface area contributed by atoms with E-state index in [1.165, 1.54) is 32.1 Å².